The number of hydrogen-bond donors (Lipinski definition) is 0. The lowest BCUT2D eigenvalue weighted by Gasteiger charge is -2.15. The van der Waals surface area contributed by atoms with Crippen LogP contribution >= 0.6 is 0 Å². The zero-order valence-corrected chi connectivity index (χ0v) is 12.6. The van der Waals surface area contributed by atoms with E-state index < -0.39 is 0 Å². The van der Waals surface area contributed by atoms with Crippen LogP contribution in [0.5, 0.6) is 0 Å². The zero-order chi connectivity index (χ0) is 13.9. The van der Waals surface area contributed by atoms with Crippen molar-refractivity contribution in [3.8, 4) is 11.3 Å². The van der Waals surface area contributed by atoms with Gasteiger partial charge in [0.2, 0.25) is 5.69 Å². The van der Waals surface area contributed by atoms with E-state index in [1.165, 1.54) is 41.6 Å². The monoisotopic (exact) mass is 264 g/mol. The minimum Gasteiger partial charge on any atom is -0.201 e. The van der Waals surface area contributed by atoms with Gasteiger partial charge in [-0.15, -0.1) is 0 Å². The molecular formula is C19H22N+. The van der Waals surface area contributed by atoms with Gasteiger partial charge in [0.15, 0.2) is 6.20 Å². The second-order valence-corrected chi connectivity index (χ2v) is 6.71. The summed E-state index contributed by atoms with van der Waals surface area (Å²) in [5.41, 5.74) is 8.72. The lowest BCUT2D eigenvalue weighted by molar-refractivity contribution is -0.660. The van der Waals surface area contributed by atoms with Crippen molar-refractivity contribution in [2.24, 2.45) is 7.05 Å². The Morgan fingerprint density at radius 3 is 2.50 bits per heavy atom. The predicted octanol–water partition coefficient (Wildman–Crippen LogP) is 4.16. The van der Waals surface area contributed by atoms with Crippen molar-refractivity contribution >= 4 is 0 Å². The van der Waals surface area contributed by atoms with Crippen LogP contribution in [0.1, 0.15) is 53.4 Å². The molecule has 0 spiro atoms. The summed E-state index contributed by atoms with van der Waals surface area (Å²) in [6.45, 7) is 4.39. The predicted molar refractivity (Wildman–Crippen MR) is 81.9 cm³/mol. The van der Waals surface area contributed by atoms with E-state index in [0.717, 1.165) is 11.8 Å². The summed E-state index contributed by atoms with van der Waals surface area (Å²) < 4.78 is 2.33. The van der Waals surface area contributed by atoms with Gasteiger partial charge in [0.25, 0.3) is 0 Å². The quantitative estimate of drug-likeness (QED) is 0.681. The first-order valence-corrected chi connectivity index (χ1v) is 7.74. The van der Waals surface area contributed by atoms with Crippen LogP contribution in [0.25, 0.3) is 11.3 Å². The van der Waals surface area contributed by atoms with Crippen LogP contribution in [0, 0.1) is 13.8 Å². The van der Waals surface area contributed by atoms with E-state index in [-0.39, 0.29) is 0 Å². The molecule has 4 rings (SSSR count). The van der Waals surface area contributed by atoms with Gasteiger partial charge < -0.3 is 0 Å². The van der Waals surface area contributed by atoms with Crippen molar-refractivity contribution in [3.05, 3.63) is 52.7 Å². The van der Waals surface area contributed by atoms with E-state index in [2.05, 4.69) is 55.9 Å². The van der Waals surface area contributed by atoms with E-state index in [0.29, 0.717) is 0 Å². The standard InChI is InChI=1S/C19H22N/c1-12-4-7-16(13(2)8-12)19-10-17-14-5-6-15(9-14)18(17)11-20(19)3/h4,7-8,10-11,14-15H,5-6,9H2,1-3H3/q+1. The topological polar surface area (TPSA) is 3.88 Å². The van der Waals surface area contributed by atoms with E-state index in [9.17, 15) is 0 Å². The van der Waals surface area contributed by atoms with Crippen molar-refractivity contribution in [1.82, 2.24) is 0 Å². The number of hydrogen-bond acceptors (Lipinski definition) is 0. The molecule has 102 valence electrons. The number of pyridine rings is 1. The number of aromatic nitrogens is 1. The van der Waals surface area contributed by atoms with Crippen LogP contribution < -0.4 is 4.57 Å². The van der Waals surface area contributed by atoms with Gasteiger partial charge in [-0.2, -0.15) is 0 Å². The van der Waals surface area contributed by atoms with Crippen molar-refractivity contribution in [2.75, 3.05) is 0 Å². The Morgan fingerprint density at radius 1 is 1.00 bits per heavy atom. The number of fused-ring (bicyclic) bond motifs is 5. The van der Waals surface area contributed by atoms with Gasteiger partial charge in [-0.05, 0) is 62.1 Å². The summed E-state index contributed by atoms with van der Waals surface area (Å²) in [6.07, 6.45) is 6.59. The van der Waals surface area contributed by atoms with Crippen molar-refractivity contribution < 1.29 is 4.57 Å². The fraction of sp³-hybridized carbons (Fsp3) is 0.421. The summed E-state index contributed by atoms with van der Waals surface area (Å²) in [6, 6.07) is 9.26. The fourth-order valence-electron chi connectivity index (χ4n) is 4.30. The van der Waals surface area contributed by atoms with Crippen molar-refractivity contribution in [3.63, 3.8) is 0 Å². The van der Waals surface area contributed by atoms with Gasteiger partial charge >= 0.3 is 0 Å². The van der Waals surface area contributed by atoms with E-state index >= 15 is 0 Å². The highest BCUT2D eigenvalue weighted by Crippen LogP contribution is 2.53. The maximum absolute atomic E-state index is 2.47. The molecule has 20 heavy (non-hydrogen) atoms. The van der Waals surface area contributed by atoms with Crippen LogP contribution in [0.4, 0.5) is 0 Å². The van der Waals surface area contributed by atoms with Gasteiger partial charge in [-0.1, -0.05) is 17.7 Å². The van der Waals surface area contributed by atoms with Gasteiger partial charge in [-0.3, -0.25) is 0 Å². The molecule has 1 fully saturated rings. The average Bonchev–Trinajstić information content (AvgIpc) is 3.00. The molecule has 2 bridgehead atoms. The molecule has 0 N–H and O–H groups in total. The Morgan fingerprint density at radius 2 is 1.75 bits per heavy atom. The van der Waals surface area contributed by atoms with Gasteiger partial charge in [0.05, 0.1) is 0 Å². The third-order valence-electron chi connectivity index (χ3n) is 5.31. The summed E-state index contributed by atoms with van der Waals surface area (Å²) in [7, 11) is 2.20. The smallest absolute Gasteiger partial charge is 0.201 e. The van der Waals surface area contributed by atoms with Crippen LogP contribution in [0.15, 0.2) is 30.5 Å². The van der Waals surface area contributed by atoms with Crippen LogP contribution in [-0.2, 0) is 7.05 Å². The number of benzene rings is 1. The number of rotatable bonds is 1. The van der Waals surface area contributed by atoms with Crippen LogP contribution in [-0.4, -0.2) is 0 Å². The molecule has 1 heterocycles. The minimum absolute atomic E-state index is 0.834. The lowest BCUT2D eigenvalue weighted by atomic mass is 9.91. The largest absolute Gasteiger partial charge is 0.212 e. The third kappa shape index (κ3) is 1.65. The molecule has 1 heteroatoms. The van der Waals surface area contributed by atoms with E-state index in [1.54, 1.807) is 11.1 Å². The van der Waals surface area contributed by atoms with Gasteiger partial charge in [0, 0.05) is 17.2 Å². The molecule has 2 aliphatic carbocycles. The molecule has 0 saturated heterocycles. The first-order chi connectivity index (χ1) is 9.63. The Labute approximate surface area is 121 Å². The molecule has 1 aromatic carbocycles. The Hall–Kier alpha value is -1.63. The number of nitrogens with zero attached hydrogens (tertiary/aromatic N) is 1. The Kier molecular flexibility index (Phi) is 2.54. The van der Waals surface area contributed by atoms with Gasteiger partial charge in [-0.25, -0.2) is 4.57 Å². The third-order valence-corrected chi connectivity index (χ3v) is 5.31. The molecule has 0 amide bonds. The van der Waals surface area contributed by atoms with E-state index in [1.807, 2.05) is 0 Å². The minimum atomic E-state index is 0.834. The Bertz CT molecular complexity index is 699. The molecule has 2 aromatic rings. The molecule has 0 aliphatic heterocycles. The summed E-state index contributed by atoms with van der Waals surface area (Å²) in [5, 5.41) is 0. The molecule has 2 aliphatic rings. The highest BCUT2D eigenvalue weighted by atomic mass is 14.9. The summed E-state index contributed by atoms with van der Waals surface area (Å²) >= 11 is 0. The molecular weight excluding hydrogens is 242 g/mol. The molecule has 2 unspecified atom stereocenters. The summed E-state index contributed by atoms with van der Waals surface area (Å²) in [5.74, 6) is 1.68. The molecule has 1 saturated carbocycles. The molecule has 0 radical (unpaired) electrons. The highest BCUT2D eigenvalue weighted by Gasteiger charge is 2.39. The second kappa shape index (κ2) is 4.18. The molecule has 1 aromatic heterocycles. The van der Waals surface area contributed by atoms with Crippen molar-refractivity contribution in [2.45, 2.75) is 44.9 Å². The van der Waals surface area contributed by atoms with Gasteiger partial charge in [0.1, 0.15) is 7.05 Å². The normalized spacial score (nSPS) is 23.1. The lowest BCUT2D eigenvalue weighted by Crippen LogP contribution is -2.32. The first kappa shape index (κ1) is 12.1. The average molecular weight is 264 g/mol. The molecule has 1 nitrogen and oxygen atoms in total. The second-order valence-electron chi connectivity index (χ2n) is 6.71. The number of aryl methyl sites for hydroxylation is 3. The summed E-state index contributed by atoms with van der Waals surface area (Å²) in [4.78, 5) is 0. The van der Waals surface area contributed by atoms with E-state index in [4.69, 9.17) is 0 Å². The van der Waals surface area contributed by atoms with Crippen molar-refractivity contribution in [1.29, 1.82) is 0 Å². The molecule has 2 atom stereocenters. The maximum Gasteiger partial charge on any atom is 0.212 e. The SMILES string of the molecule is Cc1ccc(-c2cc3c(c[n+]2C)C2CCC3C2)c(C)c1. The zero-order valence-electron chi connectivity index (χ0n) is 12.6. The first-order valence-electron chi connectivity index (χ1n) is 7.74. The Balaban J connectivity index is 1.89. The van der Waals surface area contributed by atoms with Crippen LogP contribution in [0.3, 0.4) is 0 Å². The highest BCUT2D eigenvalue weighted by molar-refractivity contribution is 5.63. The van der Waals surface area contributed by atoms with Crippen LogP contribution in [0.2, 0.25) is 0 Å². The maximum atomic E-state index is 2.47. The fourth-order valence-corrected chi connectivity index (χ4v) is 4.30.